The van der Waals surface area contributed by atoms with Gasteiger partial charge in [0, 0.05) is 0 Å². The Hall–Kier alpha value is -2.34. The van der Waals surface area contributed by atoms with Crippen LogP contribution in [0, 0.1) is 0 Å². The van der Waals surface area contributed by atoms with Gasteiger partial charge in [0.2, 0.25) is 10.0 Å². The Morgan fingerprint density at radius 3 is 2.11 bits per heavy atom. The van der Waals surface area contributed by atoms with Crippen LogP contribution in [-0.2, 0) is 19.5 Å². The number of aliphatic imine (C=N–C) groups is 1. The lowest BCUT2D eigenvalue weighted by Crippen LogP contribution is -2.63. The molecule has 1 heterocycles. The third-order valence-electron chi connectivity index (χ3n) is 5.60. The van der Waals surface area contributed by atoms with Gasteiger partial charge in [0.1, 0.15) is 5.60 Å². The maximum Gasteiger partial charge on any atom is 0.299 e. The Balaban J connectivity index is 2.01. The minimum absolute atomic E-state index is 0.0562. The molecule has 6 heteroatoms. The topological polar surface area (TPSA) is 67.8 Å². The van der Waals surface area contributed by atoms with Crippen LogP contribution < -0.4 is 4.72 Å². The van der Waals surface area contributed by atoms with Crippen molar-refractivity contribution in [3.8, 4) is 0 Å². The molecule has 150 valence electrons. The normalized spacial score (nSPS) is 25.5. The van der Waals surface area contributed by atoms with E-state index in [0.29, 0.717) is 5.56 Å². The number of rotatable bonds is 5. The molecular formula is C22H28N2O3S. The molecule has 1 N–H and O–H groups in total. The standard InChI is InChI=1S/C22H28N2O3S/c1-5-12-19(17-13-8-6-9-14-17)23-20-24-28(25,26)22(4,21(2,3)27-20)18-15-10-7-11-16-18/h6-11,13-16,19H,5,12H2,1-4H3,(H,23,24)/t19-,22?/m0/s1. The fourth-order valence-electron chi connectivity index (χ4n) is 3.61. The van der Waals surface area contributed by atoms with E-state index in [9.17, 15) is 8.42 Å². The molecule has 1 aliphatic rings. The number of nitrogens with one attached hydrogen (secondary N) is 1. The van der Waals surface area contributed by atoms with Gasteiger partial charge in [-0.1, -0.05) is 74.0 Å². The number of hydrogen-bond acceptors (Lipinski definition) is 4. The Bertz CT molecular complexity index is 940. The summed E-state index contributed by atoms with van der Waals surface area (Å²) in [6, 6.07) is 18.9. The fraction of sp³-hybridized carbons (Fsp3) is 0.409. The maximum atomic E-state index is 13.3. The number of ether oxygens (including phenoxy) is 1. The van der Waals surface area contributed by atoms with Crippen LogP contribution in [0.25, 0.3) is 0 Å². The average Bonchev–Trinajstić information content (AvgIpc) is 2.66. The summed E-state index contributed by atoms with van der Waals surface area (Å²) in [5, 5.41) is 0. The molecule has 1 unspecified atom stereocenters. The zero-order valence-corrected chi connectivity index (χ0v) is 17.7. The van der Waals surface area contributed by atoms with Crippen LogP contribution in [-0.4, -0.2) is 20.0 Å². The zero-order valence-electron chi connectivity index (χ0n) is 16.8. The van der Waals surface area contributed by atoms with Crippen molar-refractivity contribution in [1.82, 2.24) is 4.72 Å². The van der Waals surface area contributed by atoms with Crippen molar-refractivity contribution in [1.29, 1.82) is 0 Å². The van der Waals surface area contributed by atoms with E-state index in [1.165, 1.54) is 0 Å². The van der Waals surface area contributed by atoms with E-state index in [4.69, 9.17) is 4.74 Å². The van der Waals surface area contributed by atoms with E-state index in [0.717, 1.165) is 18.4 Å². The third-order valence-corrected chi connectivity index (χ3v) is 7.85. The summed E-state index contributed by atoms with van der Waals surface area (Å²) in [6.45, 7) is 7.37. The van der Waals surface area contributed by atoms with Crippen molar-refractivity contribution in [2.45, 2.75) is 56.9 Å². The van der Waals surface area contributed by atoms with Crippen LogP contribution in [0.1, 0.15) is 57.7 Å². The molecule has 1 saturated heterocycles. The van der Waals surface area contributed by atoms with Gasteiger partial charge in [-0.3, -0.25) is 0 Å². The van der Waals surface area contributed by atoms with E-state index in [2.05, 4.69) is 16.6 Å². The molecule has 2 atom stereocenters. The summed E-state index contributed by atoms with van der Waals surface area (Å²) in [4.78, 5) is 4.65. The third kappa shape index (κ3) is 3.53. The van der Waals surface area contributed by atoms with Gasteiger partial charge in [0.25, 0.3) is 6.02 Å². The Labute approximate surface area is 167 Å². The van der Waals surface area contributed by atoms with Gasteiger partial charge in [-0.25, -0.2) is 18.1 Å². The second-order valence-electron chi connectivity index (χ2n) is 7.77. The minimum Gasteiger partial charge on any atom is -0.456 e. The lowest BCUT2D eigenvalue weighted by atomic mass is 9.85. The molecular weight excluding hydrogens is 372 g/mol. The van der Waals surface area contributed by atoms with Crippen molar-refractivity contribution in [3.63, 3.8) is 0 Å². The number of amidine groups is 1. The second kappa shape index (κ2) is 7.59. The summed E-state index contributed by atoms with van der Waals surface area (Å²) in [5.41, 5.74) is 0.707. The summed E-state index contributed by atoms with van der Waals surface area (Å²) >= 11 is 0. The van der Waals surface area contributed by atoms with Crippen LogP contribution in [0.4, 0.5) is 0 Å². The van der Waals surface area contributed by atoms with Crippen LogP contribution in [0.15, 0.2) is 65.7 Å². The smallest absolute Gasteiger partial charge is 0.299 e. The molecule has 3 rings (SSSR count). The molecule has 1 fully saturated rings. The molecule has 0 aliphatic carbocycles. The number of sulfonamides is 1. The first kappa shape index (κ1) is 20.4. The first-order chi connectivity index (χ1) is 13.2. The van der Waals surface area contributed by atoms with Gasteiger partial charge >= 0.3 is 0 Å². The van der Waals surface area contributed by atoms with E-state index in [1.54, 1.807) is 20.8 Å². The van der Waals surface area contributed by atoms with Gasteiger partial charge in [-0.2, -0.15) is 0 Å². The number of hydrogen-bond donors (Lipinski definition) is 1. The lowest BCUT2D eigenvalue weighted by molar-refractivity contribution is 0.0382. The maximum absolute atomic E-state index is 13.3. The van der Waals surface area contributed by atoms with Gasteiger partial charge < -0.3 is 4.74 Å². The summed E-state index contributed by atoms with van der Waals surface area (Å²) in [7, 11) is -3.78. The molecule has 0 radical (unpaired) electrons. The first-order valence-corrected chi connectivity index (χ1v) is 11.1. The fourth-order valence-corrected chi connectivity index (χ4v) is 5.27. The van der Waals surface area contributed by atoms with Gasteiger partial charge in [0.05, 0.1) is 6.04 Å². The predicted molar refractivity (Wildman–Crippen MR) is 113 cm³/mol. The van der Waals surface area contributed by atoms with Crippen LogP contribution in [0.2, 0.25) is 0 Å². The van der Waals surface area contributed by atoms with Gasteiger partial charge in [0.15, 0.2) is 4.75 Å². The Morgan fingerprint density at radius 1 is 1.00 bits per heavy atom. The molecule has 5 nitrogen and oxygen atoms in total. The SMILES string of the molecule is CCC[C@H](N=C1NS(=O)(=O)C(C)(c2ccccc2)C(C)(C)O1)c1ccccc1. The van der Waals surface area contributed by atoms with E-state index in [1.807, 2.05) is 60.7 Å². The highest BCUT2D eigenvalue weighted by Gasteiger charge is 2.58. The molecule has 2 aromatic carbocycles. The lowest BCUT2D eigenvalue weighted by Gasteiger charge is -2.47. The predicted octanol–water partition coefficient (Wildman–Crippen LogP) is 4.53. The van der Waals surface area contributed by atoms with Crippen molar-refractivity contribution >= 4 is 16.0 Å². The van der Waals surface area contributed by atoms with Crippen LogP contribution in [0.3, 0.4) is 0 Å². The van der Waals surface area contributed by atoms with Crippen LogP contribution in [0.5, 0.6) is 0 Å². The quantitative estimate of drug-likeness (QED) is 0.802. The van der Waals surface area contributed by atoms with Gasteiger partial charge in [-0.05, 0) is 38.3 Å². The molecule has 2 aromatic rings. The second-order valence-corrected chi connectivity index (χ2v) is 9.79. The molecule has 1 aliphatic heterocycles. The Morgan fingerprint density at radius 2 is 1.57 bits per heavy atom. The van der Waals surface area contributed by atoms with E-state index >= 15 is 0 Å². The summed E-state index contributed by atoms with van der Waals surface area (Å²) in [5.74, 6) is 0. The largest absolute Gasteiger partial charge is 0.456 e. The van der Waals surface area contributed by atoms with Gasteiger partial charge in [-0.15, -0.1) is 0 Å². The summed E-state index contributed by atoms with van der Waals surface area (Å²) < 4.78 is 34.1. The number of nitrogens with zero attached hydrogens (tertiary/aromatic N) is 1. The molecule has 0 aromatic heterocycles. The van der Waals surface area contributed by atoms with Crippen molar-refractivity contribution in [3.05, 3.63) is 71.8 Å². The molecule has 0 amide bonds. The highest BCUT2D eigenvalue weighted by atomic mass is 32.2. The monoisotopic (exact) mass is 400 g/mol. The molecule has 0 saturated carbocycles. The van der Waals surface area contributed by atoms with Crippen molar-refractivity contribution in [2.24, 2.45) is 4.99 Å². The average molecular weight is 401 g/mol. The van der Waals surface area contributed by atoms with Crippen molar-refractivity contribution < 1.29 is 13.2 Å². The highest BCUT2D eigenvalue weighted by molar-refractivity contribution is 7.91. The molecule has 0 spiro atoms. The number of benzene rings is 2. The van der Waals surface area contributed by atoms with Crippen LogP contribution >= 0.6 is 0 Å². The van der Waals surface area contributed by atoms with E-state index < -0.39 is 20.4 Å². The Kier molecular flexibility index (Phi) is 5.53. The molecule has 28 heavy (non-hydrogen) atoms. The summed E-state index contributed by atoms with van der Waals surface area (Å²) in [6.07, 6.45) is 1.73. The minimum atomic E-state index is -3.78. The highest BCUT2D eigenvalue weighted by Crippen LogP contribution is 2.44. The van der Waals surface area contributed by atoms with E-state index in [-0.39, 0.29) is 12.1 Å². The first-order valence-electron chi connectivity index (χ1n) is 9.61. The molecule has 0 bridgehead atoms. The zero-order chi connectivity index (χ0) is 20.4. The van der Waals surface area contributed by atoms with Crippen molar-refractivity contribution in [2.75, 3.05) is 0 Å².